The number of hydrogen-bond acceptors (Lipinski definition) is 4. The van der Waals surface area contributed by atoms with E-state index in [1.54, 1.807) is 13.8 Å². The molecule has 70 valence electrons. The Kier molecular flexibility index (Phi) is 6.04. The number of hydrogen-bond donors (Lipinski definition) is 1. The van der Waals surface area contributed by atoms with Crippen LogP contribution in [0.3, 0.4) is 0 Å². The second-order valence-corrected chi connectivity index (χ2v) is 3.56. The molecule has 0 aromatic carbocycles. The first-order valence-electron chi connectivity index (χ1n) is 3.77. The SMILES string of the molecule is CCOP(=O)(C#CCN)OCC. The molecule has 2 N–H and O–H groups in total. The van der Waals surface area contributed by atoms with Gasteiger partial charge in [0, 0.05) is 5.66 Å². The topological polar surface area (TPSA) is 61.5 Å². The molecule has 5 heteroatoms. The molecule has 0 aromatic heterocycles. The zero-order chi connectivity index (χ0) is 9.45. The van der Waals surface area contributed by atoms with Crippen LogP contribution in [0.1, 0.15) is 13.8 Å². The van der Waals surface area contributed by atoms with Crippen LogP contribution in [0.5, 0.6) is 0 Å². The van der Waals surface area contributed by atoms with E-state index in [1.807, 2.05) is 0 Å². The second-order valence-electron chi connectivity index (χ2n) is 1.83. The van der Waals surface area contributed by atoms with Crippen LogP contribution < -0.4 is 5.73 Å². The van der Waals surface area contributed by atoms with Gasteiger partial charge in [0.1, 0.15) is 0 Å². The molecule has 0 aliphatic carbocycles. The van der Waals surface area contributed by atoms with Crippen molar-refractivity contribution in [2.45, 2.75) is 13.8 Å². The van der Waals surface area contributed by atoms with E-state index in [-0.39, 0.29) is 6.54 Å². The Hall–Kier alpha value is -0.330. The van der Waals surface area contributed by atoms with Gasteiger partial charge in [-0.1, -0.05) is 5.92 Å². The lowest BCUT2D eigenvalue weighted by molar-refractivity contribution is 0.230. The Balaban J connectivity index is 4.28. The molecule has 0 heterocycles. The van der Waals surface area contributed by atoms with Gasteiger partial charge < -0.3 is 5.73 Å². The average Bonchev–Trinajstić information content (AvgIpc) is 2.02. The zero-order valence-corrected chi connectivity index (χ0v) is 8.27. The van der Waals surface area contributed by atoms with Gasteiger partial charge in [0.25, 0.3) is 0 Å². The Morgan fingerprint density at radius 2 is 1.83 bits per heavy atom. The summed E-state index contributed by atoms with van der Waals surface area (Å²) >= 11 is 0. The van der Waals surface area contributed by atoms with Crippen molar-refractivity contribution in [1.82, 2.24) is 0 Å². The molecular formula is C7H14NO3P. The smallest absolute Gasteiger partial charge is 0.320 e. The Bertz CT molecular complexity index is 208. The van der Waals surface area contributed by atoms with Crippen molar-refractivity contribution in [2.24, 2.45) is 5.73 Å². The Morgan fingerprint density at radius 1 is 1.33 bits per heavy atom. The fourth-order valence-electron chi connectivity index (χ4n) is 0.584. The summed E-state index contributed by atoms with van der Waals surface area (Å²) in [7, 11) is -3.18. The highest BCUT2D eigenvalue weighted by atomic mass is 31.2. The van der Waals surface area contributed by atoms with Crippen LogP contribution in [0, 0.1) is 11.6 Å². The molecule has 12 heavy (non-hydrogen) atoms. The van der Waals surface area contributed by atoms with Gasteiger partial charge in [-0.2, -0.15) is 0 Å². The first-order chi connectivity index (χ1) is 5.68. The molecular weight excluding hydrogens is 177 g/mol. The summed E-state index contributed by atoms with van der Waals surface area (Å²) in [6, 6.07) is 0. The van der Waals surface area contributed by atoms with E-state index in [1.165, 1.54) is 0 Å². The summed E-state index contributed by atoms with van der Waals surface area (Å²) in [6.07, 6.45) is 0. The van der Waals surface area contributed by atoms with Crippen LogP contribution in [0.2, 0.25) is 0 Å². The van der Waals surface area contributed by atoms with Crippen molar-refractivity contribution < 1.29 is 13.6 Å². The third-order valence-electron chi connectivity index (χ3n) is 0.916. The summed E-state index contributed by atoms with van der Waals surface area (Å²) < 4.78 is 21.3. The van der Waals surface area contributed by atoms with Crippen LogP contribution in [0.15, 0.2) is 0 Å². The van der Waals surface area contributed by atoms with E-state index in [4.69, 9.17) is 14.8 Å². The van der Waals surface area contributed by atoms with Gasteiger partial charge in [0.2, 0.25) is 0 Å². The van der Waals surface area contributed by atoms with E-state index in [0.717, 1.165) is 0 Å². The van der Waals surface area contributed by atoms with Crippen molar-refractivity contribution in [3.63, 3.8) is 0 Å². The van der Waals surface area contributed by atoms with Crippen LogP contribution in [0.25, 0.3) is 0 Å². The third kappa shape index (κ3) is 4.53. The molecule has 0 fully saturated rings. The molecule has 0 aliphatic heterocycles. The van der Waals surface area contributed by atoms with E-state index in [0.29, 0.717) is 13.2 Å². The van der Waals surface area contributed by atoms with Crippen LogP contribution >= 0.6 is 7.60 Å². The van der Waals surface area contributed by atoms with Crippen LogP contribution in [-0.4, -0.2) is 19.8 Å². The van der Waals surface area contributed by atoms with Gasteiger partial charge in [-0.25, -0.2) is 4.57 Å². The van der Waals surface area contributed by atoms with Crippen molar-refractivity contribution in [3.8, 4) is 11.6 Å². The maximum atomic E-state index is 11.5. The molecule has 4 nitrogen and oxygen atoms in total. The predicted octanol–water partition coefficient (Wildman–Crippen LogP) is 1.17. The Morgan fingerprint density at radius 3 is 2.17 bits per heavy atom. The highest BCUT2D eigenvalue weighted by molar-refractivity contribution is 7.59. The fraction of sp³-hybridized carbons (Fsp3) is 0.714. The summed E-state index contributed by atoms with van der Waals surface area (Å²) in [5.41, 5.74) is 7.51. The maximum absolute atomic E-state index is 11.5. The first kappa shape index (κ1) is 11.7. The third-order valence-corrected chi connectivity index (χ3v) is 2.54. The normalized spacial score (nSPS) is 10.6. The molecule has 0 saturated heterocycles. The number of rotatable bonds is 4. The lowest BCUT2D eigenvalue weighted by Crippen LogP contribution is -1.96. The molecule has 0 atom stereocenters. The average molecular weight is 191 g/mol. The monoisotopic (exact) mass is 191 g/mol. The predicted molar refractivity (Wildman–Crippen MR) is 47.7 cm³/mol. The van der Waals surface area contributed by atoms with Gasteiger partial charge in [-0.05, 0) is 13.8 Å². The van der Waals surface area contributed by atoms with Gasteiger partial charge in [-0.15, -0.1) is 0 Å². The summed E-state index contributed by atoms with van der Waals surface area (Å²) in [5, 5.41) is 0. The van der Waals surface area contributed by atoms with Crippen molar-refractivity contribution in [3.05, 3.63) is 0 Å². The van der Waals surface area contributed by atoms with Crippen molar-refractivity contribution in [2.75, 3.05) is 19.8 Å². The maximum Gasteiger partial charge on any atom is 0.405 e. The van der Waals surface area contributed by atoms with Crippen LogP contribution in [-0.2, 0) is 13.6 Å². The molecule has 0 unspecified atom stereocenters. The first-order valence-corrected chi connectivity index (χ1v) is 5.32. The van der Waals surface area contributed by atoms with Gasteiger partial charge >= 0.3 is 7.60 Å². The van der Waals surface area contributed by atoms with Gasteiger partial charge in [-0.3, -0.25) is 9.05 Å². The molecule has 0 rings (SSSR count). The highest BCUT2D eigenvalue weighted by Gasteiger charge is 2.19. The summed E-state index contributed by atoms with van der Waals surface area (Å²) in [5.74, 6) is 2.47. The van der Waals surface area contributed by atoms with Crippen LogP contribution in [0.4, 0.5) is 0 Å². The lowest BCUT2D eigenvalue weighted by atomic mass is 10.7. The van der Waals surface area contributed by atoms with E-state index < -0.39 is 7.60 Å². The molecule has 0 amide bonds. The molecule has 0 radical (unpaired) electrons. The molecule has 0 bridgehead atoms. The van der Waals surface area contributed by atoms with E-state index in [2.05, 4.69) is 11.6 Å². The largest absolute Gasteiger partial charge is 0.405 e. The zero-order valence-electron chi connectivity index (χ0n) is 7.37. The molecule has 0 aliphatic rings. The minimum Gasteiger partial charge on any atom is -0.320 e. The standard InChI is InChI=1S/C7H14NO3P/c1-3-10-12(9,11-4-2)7-5-6-8/h3-4,6,8H2,1-2H3. The summed E-state index contributed by atoms with van der Waals surface area (Å²) in [4.78, 5) is 0. The van der Waals surface area contributed by atoms with E-state index in [9.17, 15) is 4.57 Å². The minimum absolute atomic E-state index is 0.157. The van der Waals surface area contributed by atoms with E-state index >= 15 is 0 Å². The summed E-state index contributed by atoms with van der Waals surface area (Å²) in [6.45, 7) is 4.25. The number of nitrogens with two attached hydrogens (primary N) is 1. The molecule has 0 spiro atoms. The fourth-order valence-corrected chi connectivity index (χ4v) is 1.75. The van der Waals surface area contributed by atoms with Gasteiger partial charge in [0.15, 0.2) is 0 Å². The lowest BCUT2D eigenvalue weighted by Gasteiger charge is -2.09. The van der Waals surface area contributed by atoms with Crippen molar-refractivity contribution in [1.29, 1.82) is 0 Å². The van der Waals surface area contributed by atoms with Crippen molar-refractivity contribution >= 4 is 7.60 Å². The minimum atomic E-state index is -3.18. The Labute approximate surface area is 73.0 Å². The quantitative estimate of drug-likeness (QED) is 0.535. The highest BCUT2D eigenvalue weighted by Crippen LogP contribution is 2.46. The second kappa shape index (κ2) is 6.22. The molecule has 0 aromatic rings. The van der Waals surface area contributed by atoms with Gasteiger partial charge in [0.05, 0.1) is 19.8 Å². The molecule has 0 saturated carbocycles.